The first-order valence-corrected chi connectivity index (χ1v) is 21.1. The summed E-state index contributed by atoms with van der Waals surface area (Å²) in [6.45, 7) is 0. The largest absolute Gasteiger partial charge is 0.309 e. The molecule has 0 saturated heterocycles. The lowest BCUT2D eigenvalue weighted by atomic mass is 9.89. The Balaban J connectivity index is 1.05. The topological polar surface area (TPSA) is 46.1 Å². The van der Waals surface area contributed by atoms with Crippen LogP contribution in [0.15, 0.2) is 229 Å². The fourth-order valence-electron chi connectivity index (χ4n) is 9.67. The second-order valence-electron chi connectivity index (χ2n) is 15.9. The molecule has 1 N–H and O–H groups in total. The molecule has 290 valence electrons. The number of nitrogens with zero attached hydrogens (tertiary/aromatic N) is 3. The monoisotopic (exact) mass is 790 g/mol. The Kier molecular flexibility index (Phi) is 8.29. The minimum Gasteiger partial charge on any atom is -0.309 e. The van der Waals surface area contributed by atoms with Crippen LogP contribution in [-0.4, -0.2) is 20.8 Å². The van der Waals surface area contributed by atoms with Crippen LogP contribution in [0, 0.1) is 5.41 Å². The molecule has 0 spiro atoms. The summed E-state index contributed by atoms with van der Waals surface area (Å²) in [6, 6.07) is 69.3. The molecule has 0 bridgehead atoms. The molecule has 0 aliphatic heterocycles. The number of aromatic nitrogens is 2. The average Bonchev–Trinajstić information content (AvgIpc) is 3.85. The first-order chi connectivity index (χ1) is 30.7. The van der Waals surface area contributed by atoms with E-state index in [0.717, 1.165) is 60.9 Å². The summed E-state index contributed by atoms with van der Waals surface area (Å²) >= 11 is 0. The number of allylic oxidation sites excluding steroid dienone is 5. The minimum absolute atomic E-state index is 0.163. The molecule has 62 heavy (non-hydrogen) atoms. The maximum Gasteiger partial charge on any atom is 0.227 e. The quantitative estimate of drug-likeness (QED) is 0.136. The Morgan fingerprint density at radius 2 is 1.02 bits per heavy atom. The van der Waals surface area contributed by atoms with Crippen LogP contribution in [0.25, 0.3) is 99.2 Å². The summed E-state index contributed by atoms with van der Waals surface area (Å²) < 4.78 is 4.39. The van der Waals surface area contributed by atoms with Gasteiger partial charge in [-0.3, -0.25) is 9.98 Å². The molecule has 0 atom stereocenters. The van der Waals surface area contributed by atoms with Crippen molar-refractivity contribution in [3.63, 3.8) is 0 Å². The van der Waals surface area contributed by atoms with E-state index in [9.17, 15) is 5.41 Å². The lowest BCUT2D eigenvalue weighted by Crippen LogP contribution is -2.12. The fourth-order valence-corrected chi connectivity index (χ4v) is 9.67. The van der Waals surface area contributed by atoms with E-state index in [2.05, 4.69) is 187 Å². The van der Waals surface area contributed by atoms with Crippen molar-refractivity contribution in [1.29, 1.82) is 5.41 Å². The third-order valence-corrected chi connectivity index (χ3v) is 12.4. The van der Waals surface area contributed by atoms with Gasteiger partial charge in [-0.15, -0.1) is 0 Å². The van der Waals surface area contributed by atoms with E-state index in [1.165, 1.54) is 49.1 Å². The maximum absolute atomic E-state index is 9.70. The van der Waals surface area contributed by atoms with Crippen molar-refractivity contribution in [2.75, 3.05) is 0 Å². The van der Waals surface area contributed by atoms with Gasteiger partial charge in [-0.2, -0.15) is 0 Å². The summed E-state index contributed by atoms with van der Waals surface area (Å²) in [4.78, 5) is 5.05. The van der Waals surface area contributed by atoms with E-state index in [4.69, 9.17) is 4.99 Å². The highest BCUT2D eigenvalue weighted by Gasteiger charge is 2.21. The molecule has 4 nitrogen and oxygen atoms in total. The van der Waals surface area contributed by atoms with Gasteiger partial charge in [0.2, 0.25) is 5.96 Å². The van der Waals surface area contributed by atoms with Gasteiger partial charge >= 0.3 is 0 Å². The Hall–Kier alpha value is -8.34. The number of hydrogen-bond donors (Lipinski definition) is 1. The van der Waals surface area contributed by atoms with Gasteiger partial charge in [-0.1, -0.05) is 170 Å². The molecular formula is C58H38N4. The molecule has 1 aliphatic rings. The summed E-state index contributed by atoms with van der Waals surface area (Å²) in [6.07, 6.45) is 10.2. The van der Waals surface area contributed by atoms with Crippen LogP contribution in [0.1, 0.15) is 5.56 Å². The van der Waals surface area contributed by atoms with E-state index in [1.54, 1.807) is 0 Å². The number of benzene rings is 9. The average molecular weight is 791 g/mol. The highest BCUT2D eigenvalue weighted by molar-refractivity contribution is 6.28. The molecular weight excluding hydrogens is 753 g/mol. The van der Waals surface area contributed by atoms with E-state index in [1.807, 2.05) is 47.1 Å². The maximum atomic E-state index is 9.70. The van der Waals surface area contributed by atoms with Crippen LogP contribution >= 0.6 is 0 Å². The van der Waals surface area contributed by atoms with Crippen molar-refractivity contribution >= 4 is 82.9 Å². The van der Waals surface area contributed by atoms with Crippen LogP contribution in [0.5, 0.6) is 0 Å². The molecule has 0 fully saturated rings. The number of hydrogen-bond acceptors (Lipinski definition) is 1. The van der Waals surface area contributed by atoms with Crippen molar-refractivity contribution in [3.8, 4) is 27.9 Å². The SMILES string of the molecule is N=C(N=C1C=CC=C/C1=C\c1ccccc1)n1c2ccccc2c2c3ccccc3c(-c3ccc(-c4ccc5c(c4)c4ccccc4n5-c4ccccc4)c4ccccc34)cc21. The molecule has 2 aromatic heterocycles. The zero-order chi connectivity index (χ0) is 41.1. The van der Waals surface area contributed by atoms with Crippen LogP contribution < -0.4 is 0 Å². The summed E-state index contributed by atoms with van der Waals surface area (Å²) in [5.74, 6) is 0.163. The van der Waals surface area contributed by atoms with Crippen molar-refractivity contribution in [3.05, 3.63) is 230 Å². The standard InChI is InChI=1S/C58H38N4/c59-58(60-52-28-14-7-19-40(52)35-38-17-3-1-4-18-38)62-54-30-16-13-27-49(54)57-48-26-11-10-24-45(48)50(37-56(57)62)46-33-32-42(43-22-8-9-23-44(43)46)39-31-34-55-51(36-39)47-25-12-15-29-53(47)61(55)41-20-5-2-6-21-41/h1-37,59H/b40-35+,59-58?,60-52?. The van der Waals surface area contributed by atoms with Crippen LogP contribution in [0.3, 0.4) is 0 Å². The van der Waals surface area contributed by atoms with Gasteiger partial charge in [-0.05, 0) is 104 Å². The molecule has 0 radical (unpaired) electrons. The first kappa shape index (κ1) is 35.6. The van der Waals surface area contributed by atoms with Crippen LogP contribution in [0.2, 0.25) is 0 Å². The van der Waals surface area contributed by atoms with Crippen molar-refractivity contribution in [2.24, 2.45) is 4.99 Å². The van der Waals surface area contributed by atoms with Gasteiger partial charge in [0.25, 0.3) is 0 Å². The number of para-hydroxylation sites is 3. The Labute approximate surface area is 358 Å². The third-order valence-electron chi connectivity index (χ3n) is 12.4. The van der Waals surface area contributed by atoms with Crippen LogP contribution in [-0.2, 0) is 0 Å². The van der Waals surface area contributed by atoms with Crippen LogP contribution in [0.4, 0.5) is 0 Å². The smallest absolute Gasteiger partial charge is 0.227 e. The fraction of sp³-hybridized carbons (Fsp3) is 0. The van der Waals surface area contributed by atoms with E-state index in [0.29, 0.717) is 0 Å². The lowest BCUT2D eigenvalue weighted by Gasteiger charge is -2.16. The minimum atomic E-state index is 0.163. The number of nitrogens with one attached hydrogen (secondary N) is 1. The third kappa shape index (κ3) is 5.69. The Bertz CT molecular complexity index is 3740. The van der Waals surface area contributed by atoms with Gasteiger partial charge in [-0.25, -0.2) is 4.99 Å². The van der Waals surface area contributed by atoms with Crippen molar-refractivity contribution < 1.29 is 0 Å². The zero-order valence-electron chi connectivity index (χ0n) is 33.7. The van der Waals surface area contributed by atoms with E-state index in [-0.39, 0.29) is 5.96 Å². The van der Waals surface area contributed by atoms with E-state index < -0.39 is 0 Å². The molecule has 12 rings (SSSR count). The van der Waals surface area contributed by atoms with Gasteiger partial charge in [0, 0.05) is 32.8 Å². The second kappa shape index (κ2) is 14.4. The van der Waals surface area contributed by atoms with Crippen molar-refractivity contribution in [1.82, 2.24) is 9.13 Å². The normalized spacial score (nSPS) is 14.1. The van der Waals surface area contributed by atoms with Gasteiger partial charge in [0.05, 0.1) is 27.8 Å². The predicted octanol–water partition coefficient (Wildman–Crippen LogP) is 15.0. The molecule has 0 unspecified atom stereocenters. The number of aliphatic imine (C=N–C) groups is 1. The Morgan fingerprint density at radius 3 is 1.79 bits per heavy atom. The summed E-state index contributed by atoms with van der Waals surface area (Å²) in [7, 11) is 0. The first-order valence-electron chi connectivity index (χ1n) is 21.1. The van der Waals surface area contributed by atoms with E-state index >= 15 is 0 Å². The highest BCUT2D eigenvalue weighted by atomic mass is 15.1. The molecule has 2 heterocycles. The molecule has 1 aliphatic carbocycles. The zero-order valence-corrected chi connectivity index (χ0v) is 33.7. The molecule has 4 heteroatoms. The molecule has 9 aromatic carbocycles. The van der Waals surface area contributed by atoms with Gasteiger partial charge < -0.3 is 4.57 Å². The second-order valence-corrected chi connectivity index (χ2v) is 15.9. The molecule has 0 amide bonds. The molecule has 11 aromatic rings. The number of rotatable bonds is 4. The van der Waals surface area contributed by atoms with Crippen molar-refractivity contribution in [2.45, 2.75) is 0 Å². The van der Waals surface area contributed by atoms with Gasteiger partial charge in [0.15, 0.2) is 0 Å². The highest BCUT2D eigenvalue weighted by Crippen LogP contribution is 2.44. The summed E-state index contributed by atoms with van der Waals surface area (Å²) in [5, 5.41) is 19.1. The predicted molar refractivity (Wildman–Crippen MR) is 263 cm³/mol. The summed E-state index contributed by atoms with van der Waals surface area (Å²) in [5.41, 5.74) is 12.9. The number of fused-ring (bicyclic) bond motifs is 9. The molecule has 0 saturated carbocycles. The lowest BCUT2D eigenvalue weighted by molar-refractivity contribution is 1.18. The Morgan fingerprint density at radius 1 is 0.435 bits per heavy atom. The van der Waals surface area contributed by atoms with Gasteiger partial charge in [0.1, 0.15) is 0 Å².